The molecule has 0 saturated carbocycles. The molecule has 0 spiro atoms. The number of hydrogen-bond donors (Lipinski definition) is 2. The minimum atomic E-state index is -3.67. The average Bonchev–Trinajstić information content (AvgIpc) is 2.25. The van der Waals surface area contributed by atoms with Gasteiger partial charge in [-0.2, -0.15) is 11.8 Å². The van der Waals surface area contributed by atoms with E-state index in [9.17, 15) is 8.42 Å². The van der Waals surface area contributed by atoms with Gasteiger partial charge in [-0.1, -0.05) is 12.1 Å². The molecule has 1 aromatic carbocycles. The van der Waals surface area contributed by atoms with Crippen LogP contribution in [0.3, 0.4) is 0 Å². The Morgan fingerprint density at radius 2 is 2.06 bits per heavy atom. The maximum Gasteiger partial charge on any atom is 0.240 e. The third kappa shape index (κ3) is 4.57. The van der Waals surface area contributed by atoms with Gasteiger partial charge in [-0.05, 0) is 37.5 Å². The highest BCUT2D eigenvalue weighted by Crippen LogP contribution is 2.20. The van der Waals surface area contributed by atoms with E-state index in [0.717, 1.165) is 12.2 Å². The lowest BCUT2D eigenvalue weighted by molar-refractivity contribution is 0.598. The molecule has 96 valence electrons. The molecule has 4 nitrogen and oxygen atoms in total. The number of nitrogens with two attached hydrogens (primary N) is 1. The highest BCUT2D eigenvalue weighted by molar-refractivity contribution is 7.98. The van der Waals surface area contributed by atoms with Gasteiger partial charge < -0.3 is 5.32 Å². The zero-order valence-corrected chi connectivity index (χ0v) is 11.6. The van der Waals surface area contributed by atoms with E-state index < -0.39 is 10.0 Å². The Balaban J connectivity index is 2.84. The van der Waals surface area contributed by atoms with Crippen molar-refractivity contribution in [2.45, 2.75) is 24.3 Å². The van der Waals surface area contributed by atoms with E-state index in [0.29, 0.717) is 5.69 Å². The van der Waals surface area contributed by atoms with E-state index >= 15 is 0 Å². The van der Waals surface area contributed by atoms with Crippen LogP contribution in [0.25, 0.3) is 0 Å². The summed E-state index contributed by atoms with van der Waals surface area (Å²) in [6.07, 6.45) is 3.02. The van der Waals surface area contributed by atoms with Crippen LogP contribution in [0.1, 0.15) is 13.3 Å². The predicted octanol–water partition coefficient (Wildman–Crippen LogP) is 1.89. The van der Waals surface area contributed by atoms with E-state index in [1.54, 1.807) is 30.0 Å². The second-order valence-corrected chi connectivity index (χ2v) is 6.38. The standard InChI is InChI=1S/C11H18N2O2S2/c1-9(7-8-16-2)13-10-5-3-4-6-11(10)17(12,14)15/h3-6,9,13H,7-8H2,1-2H3,(H2,12,14,15). The summed E-state index contributed by atoms with van der Waals surface area (Å²) in [4.78, 5) is 0.149. The summed E-state index contributed by atoms with van der Waals surface area (Å²) in [5.74, 6) is 1.03. The van der Waals surface area contributed by atoms with E-state index in [-0.39, 0.29) is 10.9 Å². The van der Waals surface area contributed by atoms with Crippen molar-refractivity contribution in [2.24, 2.45) is 5.14 Å². The summed E-state index contributed by atoms with van der Waals surface area (Å²) >= 11 is 1.77. The molecule has 0 aliphatic rings. The Hall–Kier alpha value is -0.720. The molecule has 1 atom stereocenters. The van der Waals surface area contributed by atoms with Gasteiger partial charge >= 0.3 is 0 Å². The second kappa shape index (κ2) is 6.28. The number of anilines is 1. The quantitative estimate of drug-likeness (QED) is 0.831. The molecular formula is C11H18N2O2S2. The summed E-state index contributed by atoms with van der Waals surface area (Å²) in [5.41, 5.74) is 0.573. The molecule has 0 saturated heterocycles. The van der Waals surface area contributed by atoms with E-state index in [1.807, 2.05) is 13.2 Å². The number of rotatable bonds is 6. The van der Waals surface area contributed by atoms with Gasteiger partial charge in [0.1, 0.15) is 4.90 Å². The van der Waals surface area contributed by atoms with Crippen LogP contribution < -0.4 is 10.5 Å². The lowest BCUT2D eigenvalue weighted by Crippen LogP contribution is -2.20. The fraction of sp³-hybridized carbons (Fsp3) is 0.455. The van der Waals surface area contributed by atoms with Crippen molar-refractivity contribution in [3.63, 3.8) is 0 Å². The van der Waals surface area contributed by atoms with Crippen molar-refractivity contribution in [3.05, 3.63) is 24.3 Å². The smallest absolute Gasteiger partial charge is 0.240 e. The second-order valence-electron chi connectivity index (χ2n) is 3.87. The number of benzene rings is 1. The molecule has 1 aromatic rings. The van der Waals surface area contributed by atoms with Gasteiger partial charge in [0.05, 0.1) is 5.69 Å². The number of para-hydroxylation sites is 1. The summed E-state index contributed by atoms with van der Waals surface area (Å²) in [6.45, 7) is 2.02. The molecule has 0 radical (unpaired) electrons. The molecule has 0 amide bonds. The molecule has 0 fully saturated rings. The number of hydrogen-bond acceptors (Lipinski definition) is 4. The largest absolute Gasteiger partial charge is 0.381 e. The number of primary sulfonamides is 1. The Bertz CT molecular complexity index is 460. The van der Waals surface area contributed by atoms with Gasteiger partial charge in [0.2, 0.25) is 10.0 Å². The lowest BCUT2D eigenvalue weighted by atomic mass is 10.2. The monoisotopic (exact) mass is 274 g/mol. The molecule has 0 aromatic heterocycles. The maximum absolute atomic E-state index is 11.4. The van der Waals surface area contributed by atoms with Crippen LogP contribution in [0.4, 0.5) is 5.69 Å². The third-order valence-corrected chi connectivity index (χ3v) is 3.96. The zero-order chi connectivity index (χ0) is 12.9. The van der Waals surface area contributed by atoms with Gasteiger partial charge in [-0.3, -0.25) is 0 Å². The molecule has 1 unspecified atom stereocenters. The normalized spacial score (nSPS) is 13.4. The first kappa shape index (κ1) is 14.3. The van der Waals surface area contributed by atoms with Crippen LogP contribution in [-0.2, 0) is 10.0 Å². The van der Waals surface area contributed by atoms with E-state index in [4.69, 9.17) is 5.14 Å². The Labute approximate surface area is 107 Å². The Morgan fingerprint density at radius 3 is 2.65 bits per heavy atom. The zero-order valence-electron chi connectivity index (χ0n) is 10.0. The van der Waals surface area contributed by atoms with Crippen LogP contribution in [0.2, 0.25) is 0 Å². The number of nitrogens with one attached hydrogen (secondary N) is 1. The Kier molecular flexibility index (Phi) is 5.30. The lowest BCUT2D eigenvalue weighted by Gasteiger charge is -2.16. The van der Waals surface area contributed by atoms with E-state index in [1.165, 1.54) is 6.07 Å². The van der Waals surface area contributed by atoms with Gasteiger partial charge in [0.15, 0.2) is 0 Å². The van der Waals surface area contributed by atoms with Gasteiger partial charge in [-0.25, -0.2) is 13.6 Å². The first-order valence-corrected chi connectivity index (χ1v) is 8.26. The first-order chi connectivity index (χ1) is 7.95. The first-order valence-electron chi connectivity index (χ1n) is 5.32. The fourth-order valence-corrected chi connectivity index (χ4v) is 2.76. The summed E-state index contributed by atoms with van der Waals surface area (Å²) in [6, 6.07) is 6.91. The van der Waals surface area contributed by atoms with Gasteiger partial charge in [0.25, 0.3) is 0 Å². The van der Waals surface area contributed by atoms with Crippen molar-refractivity contribution in [1.82, 2.24) is 0 Å². The van der Waals surface area contributed by atoms with Crippen LogP contribution in [0, 0.1) is 0 Å². The third-order valence-electron chi connectivity index (χ3n) is 2.35. The predicted molar refractivity (Wildman–Crippen MR) is 73.9 cm³/mol. The SMILES string of the molecule is CSCCC(C)Nc1ccccc1S(N)(=O)=O. The van der Waals surface area contributed by atoms with Crippen molar-refractivity contribution in [1.29, 1.82) is 0 Å². The van der Waals surface area contributed by atoms with Crippen molar-refractivity contribution in [3.8, 4) is 0 Å². The highest BCUT2D eigenvalue weighted by Gasteiger charge is 2.14. The maximum atomic E-state index is 11.4. The van der Waals surface area contributed by atoms with Crippen LogP contribution in [0.5, 0.6) is 0 Å². The fourth-order valence-electron chi connectivity index (χ4n) is 1.47. The molecule has 0 aliphatic carbocycles. The topological polar surface area (TPSA) is 72.2 Å². The summed E-state index contributed by atoms with van der Waals surface area (Å²) < 4.78 is 22.8. The molecule has 3 N–H and O–H groups in total. The van der Waals surface area contributed by atoms with Crippen LogP contribution in [-0.4, -0.2) is 26.5 Å². The average molecular weight is 274 g/mol. The van der Waals surface area contributed by atoms with E-state index in [2.05, 4.69) is 5.32 Å². The molecule has 0 bridgehead atoms. The molecule has 6 heteroatoms. The van der Waals surface area contributed by atoms with Crippen molar-refractivity contribution in [2.75, 3.05) is 17.3 Å². The van der Waals surface area contributed by atoms with Crippen LogP contribution >= 0.6 is 11.8 Å². The molecule has 0 aliphatic heterocycles. The Morgan fingerprint density at radius 1 is 1.41 bits per heavy atom. The van der Waals surface area contributed by atoms with Crippen LogP contribution in [0.15, 0.2) is 29.2 Å². The molecule has 1 rings (SSSR count). The van der Waals surface area contributed by atoms with Gasteiger partial charge in [-0.15, -0.1) is 0 Å². The summed E-state index contributed by atoms with van der Waals surface area (Å²) in [7, 11) is -3.67. The number of thioether (sulfide) groups is 1. The minimum Gasteiger partial charge on any atom is -0.381 e. The molecule has 17 heavy (non-hydrogen) atoms. The van der Waals surface area contributed by atoms with Crippen molar-refractivity contribution < 1.29 is 8.42 Å². The molecule has 0 heterocycles. The molecular weight excluding hydrogens is 256 g/mol. The number of sulfonamides is 1. The summed E-state index contributed by atoms with van der Waals surface area (Å²) in [5, 5.41) is 8.34. The minimum absolute atomic E-state index is 0.149. The van der Waals surface area contributed by atoms with Crippen molar-refractivity contribution >= 4 is 27.5 Å². The van der Waals surface area contributed by atoms with Gasteiger partial charge in [0, 0.05) is 6.04 Å². The highest BCUT2D eigenvalue weighted by atomic mass is 32.2.